The van der Waals surface area contributed by atoms with Gasteiger partial charge in [0.15, 0.2) is 11.7 Å². The van der Waals surface area contributed by atoms with E-state index >= 15 is 0 Å². The molecule has 2 aliphatic rings. The van der Waals surface area contributed by atoms with Gasteiger partial charge >= 0.3 is 0 Å². The minimum absolute atomic E-state index is 0.156. The summed E-state index contributed by atoms with van der Waals surface area (Å²) in [6.45, 7) is 12.7. The molecule has 2 aromatic heterocycles. The van der Waals surface area contributed by atoms with Crippen LogP contribution in [0.15, 0.2) is 52.5 Å². The molecule has 0 aromatic carbocycles. The van der Waals surface area contributed by atoms with Crippen LogP contribution in [0.4, 0.5) is 0 Å². The molecule has 0 unspecified atom stereocenters. The molecular formula is C28H36N8O2. The molecule has 2 aromatic rings. The van der Waals surface area contributed by atoms with Gasteiger partial charge in [-0.15, -0.1) is 0 Å². The summed E-state index contributed by atoms with van der Waals surface area (Å²) in [5, 5.41) is 3.23. The fourth-order valence-corrected chi connectivity index (χ4v) is 4.18. The number of amides is 1. The van der Waals surface area contributed by atoms with Crippen molar-refractivity contribution in [2.75, 3.05) is 13.7 Å². The van der Waals surface area contributed by atoms with Gasteiger partial charge in [-0.3, -0.25) is 19.7 Å². The maximum absolute atomic E-state index is 13.8. The third-order valence-electron chi connectivity index (χ3n) is 6.78. The second-order valence-corrected chi connectivity index (χ2v) is 9.71. The number of nitrogens with zero attached hydrogens (tertiary/aromatic N) is 6. The third kappa shape index (κ3) is 5.65. The molecule has 200 valence electrons. The van der Waals surface area contributed by atoms with E-state index < -0.39 is 0 Å². The Labute approximate surface area is 223 Å². The van der Waals surface area contributed by atoms with Crippen LogP contribution < -0.4 is 15.8 Å². The van der Waals surface area contributed by atoms with Crippen LogP contribution in [0.3, 0.4) is 0 Å². The van der Waals surface area contributed by atoms with Crippen molar-refractivity contribution in [3.63, 3.8) is 0 Å². The minimum atomic E-state index is -0.273. The first-order chi connectivity index (χ1) is 18.3. The molecule has 0 spiro atoms. The van der Waals surface area contributed by atoms with Gasteiger partial charge in [0.25, 0.3) is 5.91 Å². The molecule has 4 rings (SSSR count). The first-order valence-electron chi connectivity index (χ1n) is 12.9. The number of piperazine rings is 1. The van der Waals surface area contributed by atoms with Gasteiger partial charge in [-0.1, -0.05) is 19.6 Å². The fraction of sp³-hybridized carbons (Fsp3) is 0.429. The van der Waals surface area contributed by atoms with Crippen molar-refractivity contribution >= 4 is 23.3 Å². The van der Waals surface area contributed by atoms with E-state index in [0.29, 0.717) is 41.0 Å². The zero-order chi connectivity index (χ0) is 27.4. The van der Waals surface area contributed by atoms with Crippen LogP contribution in [0.25, 0.3) is 5.70 Å². The predicted molar refractivity (Wildman–Crippen MR) is 149 cm³/mol. The smallest absolute Gasteiger partial charge is 0.295 e. The molecule has 38 heavy (non-hydrogen) atoms. The van der Waals surface area contributed by atoms with Crippen LogP contribution in [0.1, 0.15) is 68.5 Å². The number of methoxy groups -OCH3 is 1. The Morgan fingerprint density at radius 2 is 2.08 bits per heavy atom. The second-order valence-electron chi connectivity index (χ2n) is 9.71. The summed E-state index contributed by atoms with van der Waals surface area (Å²) in [7, 11) is 1.57. The summed E-state index contributed by atoms with van der Waals surface area (Å²) in [5.74, 6) is 1.13. The van der Waals surface area contributed by atoms with E-state index in [2.05, 4.69) is 31.8 Å². The highest BCUT2D eigenvalue weighted by atomic mass is 16.5. The number of carbonyl (C=O) groups is 1. The molecule has 1 saturated carbocycles. The Balaban J connectivity index is 1.79. The number of rotatable bonds is 9. The maximum atomic E-state index is 13.8. The van der Waals surface area contributed by atoms with Crippen LogP contribution >= 0.6 is 0 Å². The SMILES string of the molecule is C=C(N=C1/C(=C(\C)CN)NC(=NCc2ccc(C)cn2)C(=O)N1[C@H](C)CC)c1c(OC)ncnc1C1CC1. The van der Waals surface area contributed by atoms with Crippen molar-refractivity contribution in [2.45, 2.75) is 65.5 Å². The van der Waals surface area contributed by atoms with Gasteiger partial charge in [-0.2, -0.15) is 0 Å². The number of amidine groups is 2. The van der Waals surface area contributed by atoms with E-state index in [4.69, 9.17) is 15.5 Å². The average molecular weight is 517 g/mol. The number of aromatic nitrogens is 3. The largest absolute Gasteiger partial charge is 0.480 e. The Bertz CT molecular complexity index is 1310. The number of aliphatic imine (C=N–C) groups is 2. The summed E-state index contributed by atoms with van der Waals surface area (Å²) >= 11 is 0. The van der Waals surface area contributed by atoms with Gasteiger partial charge in [-0.25, -0.2) is 15.0 Å². The number of hydrogen-bond acceptors (Lipinski definition) is 8. The highest BCUT2D eigenvalue weighted by Gasteiger charge is 2.37. The van der Waals surface area contributed by atoms with Crippen LogP contribution in [0.5, 0.6) is 5.88 Å². The summed E-state index contributed by atoms with van der Waals surface area (Å²) in [6, 6.07) is 3.73. The van der Waals surface area contributed by atoms with Crippen LogP contribution in [-0.4, -0.2) is 57.1 Å². The molecule has 0 radical (unpaired) electrons. The standard InChI is InChI=1S/C28H36N8O2/c1-7-18(4)36-26(34-19(5)22-24(20-9-10-20)32-15-33-27(22)38-6)23(17(3)12-29)35-25(28(36)37)31-14-21-11-8-16(2)13-30-21/h8,11,13,15,18,20H,5,7,9-10,12,14,29H2,1-4,6H3,(H,31,35)/b23-17-,34-26?/t18-/m1/s1. The predicted octanol–water partition coefficient (Wildman–Crippen LogP) is 3.50. The molecule has 2 fully saturated rings. The first kappa shape index (κ1) is 27.1. The lowest BCUT2D eigenvalue weighted by atomic mass is 10.1. The van der Waals surface area contributed by atoms with Crippen LogP contribution in [-0.2, 0) is 11.3 Å². The van der Waals surface area contributed by atoms with Crippen LogP contribution in [0.2, 0.25) is 0 Å². The van der Waals surface area contributed by atoms with Gasteiger partial charge in [0.1, 0.15) is 6.33 Å². The number of hydrogen-bond donors (Lipinski definition) is 2. The Kier molecular flexibility index (Phi) is 8.31. The summed E-state index contributed by atoms with van der Waals surface area (Å²) in [5.41, 5.74) is 11.3. The zero-order valence-electron chi connectivity index (χ0n) is 22.8. The van der Waals surface area contributed by atoms with Gasteiger partial charge in [-0.05, 0) is 57.2 Å². The van der Waals surface area contributed by atoms with Crippen molar-refractivity contribution < 1.29 is 9.53 Å². The molecule has 1 aliphatic carbocycles. The molecule has 1 amide bonds. The average Bonchev–Trinajstić information content (AvgIpc) is 3.78. The Hall–Kier alpha value is -3.92. The molecule has 10 nitrogen and oxygen atoms in total. The van der Waals surface area contributed by atoms with Crippen LogP contribution in [0, 0.1) is 6.92 Å². The van der Waals surface area contributed by atoms with Gasteiger partial charge in [0.2, 0.25) is 5.88 Å². The Morgan fingerprint density at radius 1 is 1.32 bits per heavy atom. The van der Waals surface area contributed by atoms with Gasteiger partial charge < -0.3 is 15.8 Å². The van der Waals surface area contributed by atoms with Crippen molar-refractivity contribution in [3.8, 4) is 5.88 Å². The lowest BCUT2D eigenvalue weighted by molar-refractivity contribution is -0.122. The lowest BCUT2D eigenvalue weighted by Crippen LogP contribution is -2.57. The van der Waals surface area contributed by atoms with Crippen molar-refractivity contribution in [1.29, 1.82) is 0 Å². The molecule has 1 aliphatic heterocycles. The molecule has 1 atom stereocenters. The summed E-state index contributed by atoms with van der Waals surface area (Å²) in [6.07, 6.45) is 6.09. The third-order valence-corrected chi connectivity index (χ3v) is 6.78. The molecular weight excluding hydrogens is 480 g/mol. The van der Waals surface area contributed by atoms with Crippen molar-refractivity contribution in [1.82, 2.24) is 25.2 Å². The van der Waals surface area contributed by atoms with E-state index in [0.717, 1.165) is 35.4 Å². The van der Waals surface area contributed by atoms with Gasteiger partial charge in [0, 0.05) is 24.7 Å². The number of nitrogens with one attached hydrogen (secondary N) is 1. The van der Waals surface area contributed by atoms with E-state index in [9.17, 15) is 4.79 Å². The number of carbonyl (C=O) groups excluding carboxylic acids is 1. The maximum Gasteiger partial charge on any atom is 0.295 e. The monoisotopic (exact) mass is 516 g/mol. The number of nitrogens with two attached hydrogens (primary N) is 1. The topological polar surface area (TPSA) is 131 Å². The minimum Gasteiger partial charge on any atom is -0.480 e. The van der Waals surface area contributed by atoms with E-state index in [-0.39, 0.29) is 30.9 Å². The number of ether oxygens (including phenoxy) is 1. The molecule has 3 heterocycles. The normalized spacial score (nSPS) is 19.9. The highest BCUT2D eigenvalue weighted by Crippen LogP contribution is 2.44. The molecule has 3 N–H and O–H groups in total. The Morgan fingerprint density at radius 3 is 2.68 bits per heavy atom. The zero-order valence-corrected chi connectivity index (χ0v) is 22.8. The number of aryl methyl sites for hydroxylation is 1. The quantitative estimate of drug-likeness (QED) is 0.521. The van der Waals surface area contributed by atoms with Crippen molar-refractivity contribution in [2.24, 2.45) is 15.7 Å². The summed E-state index contributed by atoms with van der Waals surface area (Å²) < 4.78 is 5.55. The fourth-order valence-electron chi connectivity index (χ4n) is 4.18. The molecule has 0 bridgehead atoms. The van der Waals surface area contributed by atoms with Crippen molar-refractivity contribution in [3.05, 3.63) is 65.0 Å². The second kappa shape index (κ2) is 11.6. The molecule has 10 heteroatoms. The van der Waals surface area contributed by atoms with E-state index in [1.165, 1.54) is 6.33 Å². The first-order valence-corrected chi connectivity index (χ1v) is 12.9. The van der Waals surface area contributed by atoms with Gasteiger partial charge in [0.05, 0.1) is 42.0 Å². The van der Waals surface area contributed by atoms with E-state index in [1.807, 2.05) is 39.8 Å². The van der Waals surface area contributed by atoms with E-state index in [1.54, 1.807) is 18.2 Å². The number of pyridine rings is 1. The summed E-state index contributed by atoms with van der Waals surface area (Å²) in [4.78, 5) is 38.2. The highest BCUT2D eigenvalue weighted by molar-refractivity contribution is 6.45. The lowest BCUT2D eigenvalue weighted by Gasteiger charge is -2.36. The molecule has 1 saturated heterocycles.